The highest BCUT2D eigenvalue weighted by atomic mass is 19.1. The molecule has 0 saturated heterocycles. The second-order valence-electron chi connectivity index (χ2n) is 8.84. The fraction of sp³-hybridized carbons (Fsp3) is 0.400. The number of nitrogens with zero attached hydrogens (tertiary/aromatic N) is 1. The van der Waals surface area contributed by atoms with E-state index in [9.17, 15) is 18.8 Å². The Kier molecular flexibility index (Phi) is 7.30. The van der Waals surface area contributed by atoms with Crippen molar-refractivity contribution in [3.05, 3.63) is 59.4 Å². The van der Waals surface area contributed by atoms with Crippen molar-refractivity contribution in [1.29, 1.82) is 0 Å². The van der Waals surface area contributed by atoms with Crippen LogP contribution in [-0.4, -0.2) is 40.7 Å². The lowest BCUT2D eigenvalue weighted by molar-refractivity contribution is -0.138. The number of rotatable bonds is 5. The van der Waals surface area contributed by atoms with Crippen LogP contribution in [0.15, 0.2) is 42.5 Å². The predicted octanol–water partition coefficient (Wildman–Crippen LogP) is 5.00. The molecule has 4 rings (SSSR count). The van der Waals surface area contributed by atoms with Crippen molar-refractivity contribution in [3.63, 3.8) is 0 Å². The number of ether oxygens (including phenoxy) is 1. The number of carboxylic acid groups (broad SMARTS) is 1. The van der Waals surface area contributed by atoms with Gasteiger partial charge < -0.3 is 25.4 Å². The lowest BCUT2D eigenvalue weighted by atomic mass is 9.85. The number of carbonyl (C=O) groups excluding carboxylic acids is 2. The molecule has 2 aromatic carbocycles. The molecule has 3 amide bonds. The van der Waals surface area contributed by atoms with Gasteiger partial charge in [0, 0.05) is 25.2 Å². The first kappa shape index (κ1) is 23.5. The summed E-state index contributed by atoms with van der Waals surface area (Å²) in [7, 11) is 0. The van der Waals surface area contributed by atoms with Gasteiger partial charge in [0.2, 0.25) is 0 Å². The highest BCUT2D eigenvalue weighted by Gasteiger charge is 2.28. The van der Waals surface area contributed by atoms with Crippen LogP contribution in [0.25, 0.3) is 0 Å². The first-order valence-electron chi connectivity index (χ1n) is 11.5. The quantitative estimate of drug-likeness (QED) is 0.571. The molecule has 1 saturated carbocycles. The second-order valence-corrected chi connectivity index (χ2v) is 8.84. The third kappa shape index (κ3) is 6.03. The molecule has 180 valence electrons. The summed E-state index contributed by atoms with van der Waals surface area (Å²) in [4.78, 5) is 37.4. The van der Waals surface area contributed by atoms with Gasteiger partial charge >= 0.3 is 18.1 Å². The summed E-state index contributed by atoms with van der Waals surface area (Å²) >= 11 is 0. The number of nitrogens with one attached hydrogen (secondary N) is 2. The Morgan fingerprint density at radius 1 is 1.03 bits per heavy atom. The lowest BCUT2D eigenvalue weighted by Gasteiger charge is -2.32. The minimum atomic E-state index is -0.781. The van der Waals surface area contributed by atoms with Gasteiger partial charge in [-0.05, 0) is 73.4 Å². The zero-order valence-electron chi connectivity index (χ0n) is 18.8. The molecule has 1 aliphatic carbocycles. The molecular weight excluding hydrogens is 441 g/mol. The molecular formula is C25H28FN3O5. The third-order valence-electron chi connectivity index (χ3n) is 6.38. The Balaban J connectivity index is 1.28. The van der Waals surface area contributed by atoms with Crippen molar-refractivity contribution in [2.75, 3.05) is 17.2 Å². The summed E-state index contributed by atoms with van der Waals surface area (Å²) in [5.74, 6) is -1.13. The van der Waals surface area contributed by atoms with Gasteiger partial charge in [0.1, 0.15) is 11.9 Å². The Bertz CT molecular complexity index is 1070. The number of carbonyl (C=O) groups is 3. The standard InChI is InChI=1S/C25H28FN3O5/c26-21-3-1-2-4-22(21)28-24(32)27-19-8-7-18-15-29(12-11-17(18)14-19)25(33)34-20-9-5-16(6-10-20)13-23(30)31/h1-4,7-8,14,16,20H,5-6,9-13,15H2,(H,30,31)(H2,27,28,32)/t16-,20+. The number of urea groups is 1. The van der Waals surface area contributed by atoms with Gasteiger partial charge in [-0.15, -0.1) is 0 Å². The second kappa shape index (κ2) is 10.5. The molecule has 8 nitrogen and oxygen atoms in total. The van der Waals surface area contributed by atoms with Crippen LogP contribution in [0.1, 0.15) is 43.2 Å². The topological polar surface area (TPSA) is 108 Å². The van der Waals surface area contributed by atoms with Crippen LogP contribution in [0.3, 0.4) is 0 Å². The number of hydrogen-bond donors (Lipinski definition) is 3. The van der Waals surface area contributed by atoms with Crippen molar-refractivity contribution >= 4 is 29.5 Å². The van der Waals surface area contributed by atoms with Gasteiger partial charge in [0.15, 0.2) is 0 Å². The first-order valence-corrected chi connectivity index (χ1v) is 11.5. The van der Waals surface area contributed by atoms with Gasteiger partial charge in [-0.3, -0.25) is 4.79 Å². The highest BCUT2D eigenvalue weighted by Crippen LogP contribution is 2.30. The fourth-order valence-electron chi connectivity index (χ4n) is 4.55. The Morgan fingerprint density at radius 3 is 2.53 bits per heavy atom. The number of anilines is 2. The Hall–Kier alpha value is -3.62. The van der Waals surface area contributed by atoms with Gasteiger partial charge in [0.25, 0.3) is 0 Å². The molecule has 1 fully saturated rings. The maximum atomic E-state index is 13.7. The average molecular weight is 470 g/mol. The van der Waals surface area contributed by atoms with E-state index < -0.39 is 17.8 Å². The highest BCUT2D eigenvalue weighted by molar-refractivity contribution is 5.99. The maximum Gasteiger partial charge on any atom is 0.410 e. The zero-order chi connectivity index (χ0) is 24.1. The van der Waals surface area contributed by atoms with Crippen LogP contribution < -0.4 is 10.6 Å². The smallest absolute Gasteiger partial charge is 0.410 e. The monoisotopic (exact) mass is 469 g/mol. The van der Waals surface area contributed by atoms with Crippen molar-refractivity contribution < 1.29 is 28.6 Å². The van der Waals surface area contributed by atoms with Crippen molar-refractivity contribution in [3.8, 4) is 0 Å². The van der Waals surface area contributed by atoms with E-state index in [-0.39, 0.29) is 30.2 Å². The van der Waals surface area contributed by atoms with E-state index >= 15 is 0 Å². The predicted molar refractivity (Wildman–Crippen MR) is 124 cm³/mol. The largest absolute Gasteiger partial charge is 0.481 e. The number of amides is 3. The summed E-state index contributed by atoms with van der Waals surface area (Å²) in [6.07, 6.45) is 3.18. The fourth-order valence-corrected chi connectivity index (χ4v) is 4.55. The summed E-state index contributed by atoms with van der Waals surface area (Å²) in [6, 6.07) is 10.9. The van der Waals surface area contributed by atoms with Gasteiger partial charge in [-0.25, -0.2) is 14.0 Å². The molecule has 0 atom stereocenters. The third-order valence-corrected chi connectivity index (χ3v) is 6.38. The molecule has 2 aromatic rings. The SMILES string of the molecule is O=C(O)C[C@H]1CC[C@@H](OC(=O)N2CCc3cc(NC(=O)Nc4ccccc4F)ccc3C2)CC1. The van der Waals surface area contributed by atoms with E-state index in [1.807, 2.05) is 12.1 Å². The van der Waals surface area contributed by atoms with Gasteiger partial charge in [0.05, 0.1) is 5.69 Å². The summed E-state index contributed by atoms with van der Waals surface area (Å²) in [5.41, 5.74) is 2.69. The molecule has 0 bridgehead atoms. The van der Waals surface area contributed by atoms with Gasteiger partial charge in [-0.1, -0.05) is 18.2 Å². The summed E-state index contributed by atoms with van der Waals surface area (Å²) in [5, 5.41) is 14.1. The molecule has 1 heterocycles. The minimum Gasteiger partial charge on any atom is -0.481 e. The number of fused-ring (bicyclic) bond motifs is 1. The molecule has 3 N–H and O–H groups in total. The average Bonchev–Trinajstić information content (AvgIpc) is 2.81. The number of halogens is 1. The van der Waals surface area contributed by atoms with E-state index in [1.165, 1.54) is 12.1 Å². The number of aliphatic carboxylic acids is 1. The van der Waals surface area contributed by atoms with Crippen LogP contribution >= 0.6 is 0 Å². The number of hydrogen-bond acceptors (Lipinski definition) is 4. The summed E-state index contributed by atoms with van der Waals surface area (Å²) in [6.45, 7) is 0.926. The molecule has 0 aromatic heterocycles. The van der Waals surface area contributed by atoms with E-state index in [0.29, 0.717) is 38.0 Å². The Morgan fingerprint density at radius 2 is 1.79 bits per heavy atom. The van der Waals surface area contributed by atoms with Gasteiger partial charge in [-0.2, -0.15) is 0 Å². The number of benzene rings is 2. The number of carboxylic acids is 1. The molecule has 9 heteroatoms. The zero-order valence-corrected chi connectivity index (χ0v) is 18.8. The molecule has 0 radical (unpaired) electrons. The van der Waals surface area contributed by atoms with Crippen LogP contribution in [0.5, 0.6) is 0 Å². The molecule has 34 heavy (non-hydrogen) atoms. The minimum absolute atomic E-state index is 0.0995. The summed E-state index contributed by atoms with van der Waals surface area (Å²) < 4.78 is 19.4. The van der Waals surface area contributed by atoms with Crippen molar-refractivity contribution in [2.24, 2.45) is 5.92 Å². The van der Waals surface area contributed by atoms with E-state index in [0.717, 1.165) is 24.0 Å². The normalized spacial score (nSPS) is 19.6. The molecule has 2 aliphatic rings. The number of para-hydroxylation sites is 1. The molecule has 0 unspecified atom stereocenters. The van der Waals surface area contributed by atoms with Crippen LogP contribution in [0, 0.1) is 11.7 Å². The first-order chi connectivity index (χ1) is 16.4. The van der Waals surface area contributed by atoms with Crippen molar-refractivity contribution in [1.82, 2.24) is 4.90 Å². The molecule has 1 aliphatic heterocycles. The maximum absolute atomic E-state index is 13.7. The lowest BCUT2D eigenvalue weighted by Crippen LogP contribution is -2.39. The van der Waals surface area contributed by atoms with Crippen LogP contribution in [-0.2, 0) is 22.5 Å². The Labute approximate surface area is 197 Å². The van der Waals surface area contributed by atoms with E-state index in [2.05, 4.69) is 10.6 Å². The van der Waals surface area contributed by atoms with Crippen LogP contribution in [0.4, 0.5) is 25.4 Å². The van der Waals surface area contributed by atoms with E-state index in [1.54, 1.807) is 23.1 Å². The van der Waals surface area contributed by atoms with Crippen LogP contribution in [0.2, 0.25) is 0 Å². The van der Waals surface area contributed by atoms with Crippen molar-refractivity contribution in [2.45, 2.75) is 51.2 Å². The van der Waals surface area contributed by atoms with E-state index in [4.69, 9.17) is 9.84 Å². The molecule has 0 spiro atoms.